The molecule has 3 saturated heterocycles. The van der Waals surface area contributed by atoms with E-state index in [9.17, 15) is 33.6 Å². The SMILES string of the molecule is CC(=O)OCC1O[C@@H](O[C@H]2C(COC(C)=O)O[C@@H](O[C@H]3C(COC(C)=O)O[C@@H](OCCCCCC[C@H](C)C(=O)CCCCNC(=O)OC(C)(C)C)[C@H](OC(C)=O)C3C)[C@H](OC(C)=O)C2C)[C@H](C)C(C)[C@H]1C. The molecule has 3 fully saturated rings. The molecule has 71 heavy (non-hydrogen) atoms. The van der Waals surface area contributed by atoms with E-state index in [0.717, 1.165) is 25.7 Å². The van der Waals surface area contributed by atoms with Gasteiger partial charge in [-0.25, -0.2) is 4.79 Å². The standard InChI is InChI=1S/C51H85NO19/c1-28(39(58)22-18-19-23-52-50(59)71-51(12,13)14)21-17-15-16-20-24-60-48-45(64-37(10)56)32(5)44(41(67-48)26-62-35(8)54)70-49-46(65-38(11)57)33(6)43(42(68-49)27-63-36(9)55)69-47-31(4)29(2)30(3)40(66-47)25-61-34(7)53/h28-33,40-49H,15-27H2,1-14H3,(H,52,59)/t28-,29?,30+,31+,32?,33?,40?,41?,42?,43+,44+,45+,46+,47-,48+,49-/m0/s1. The average Bonchev–Trinajstić information content (AvgIpc) is 3.27. The van der Waals surface area contributed by atoms with E-state index in [1.54, 1.807) is 34.6 Å². The molecule has 1 N–H and O–H groups in total. The van der Waals surface area contributed by atoms with Crippen molar-refractivity contribution in [2.75, 3.05) is 33.0 Å². The van der Waals surface area contributed by atoms with Crippen LogP contribution < -0.4 is 5.32 Å². The van der Waals surface area contributed by atoms with E-state index in [4.69, 9.17) is 56.8 Å². The number of nitrogens with one attached hydrogen (secondary N) is 1. The molecule has 408 valence electrons. The molecule has 0 aromatic heterocycles. The predicted octanol–water partition coefficient (Wildman–Crippen LogP) is 6.53. The minimum atomic E-state index is -1.33. The van der Waals surface area contributed by atoms with Crippen LogP contribution in [0.2, 0.25) is 0 Å². The Hall–Kier alpha value is -3.95. The molecule has 16 atom stereocenters. The molecule has 1 amide bonds. The Bertz CT molecular complexity index is 1720. The fourth-order valence-electron chi connectivity index (χ4n) is 9.03. The van der Waals surface area contributed by atoms with Crippen molar-refractivity contribution >= 4 is 41.7 Å². The highest BCUT2D eigenvalue weighted by molar-refractivity contribution is 5.80. The highest BCUT2D eigenvalue weighted by Gasteiger charge is 2.54. The molecular formula is C51H85NO19. The van der Waals surface area contributed by atoms with Crippen LogP contribution in [-0.4, -0.2) is 142 Å². The van der Waals surface area contributed by atoms with Gasteiger partial charge in [-0.2, -0.15) is 0 Å². The third-order valence-electron chi connectivity index (χ3n) is 13.4. The van der Waals surface area contributed by atoms with Crippen LogP contribution in [0.1, 0.15) is 148 Å². The van der Waals surface area contributed by atoms with Gasteiger partial charge in [0, 0.05) is 77.9 Å². The molecule has 0 saturated carbocycles. The Morgan fingerprint density at radius 2 is 1.00 bits per heavy atom. The van der Waals surface area contributed by atoms with Crippen LogP contribution in [0.25, 0.3) is 0 Å². The Balaban J connectivity index is 1.71. The monoisotopic (exact) mass is 1020 g/mol. The lowest BCUT2D eigenvalue weighted by atomic mass is 9.79. The maximum atomic E-state index is 12.8. The van der Waals surface area contributed by atoms with Crippen LogP contribution in [-0.2, 0) is 85.6 Å². The lowest BCUT2D eigenvalue weighted by molar-refractivity contribution is -0.364. The number of rotatable bonds is 26. The van der Waals surface area contributed by atoms with E-state index in [0.29, 0.717) is 32.2 Å². The van der Waals surface area contributed by atoms with Gasteiger partial charge in [0.15, 0.2) is 31.1 Å². The predicted molar refractivity (Wildman–Crippen MR) is 254 cm³/mol. The summed E-state index contributed by atoms with van der Waals surface area (Å²) in [6.45, 7) is 23.5. The van der Waals surface area contributed by atoms with E-state index >= 15 is 0 Å². The van der Waals surface area contributed by atoms with Gasteiger partial charge < -0.3 is 62.2 Å². The number of hydrogen-bond donors (Lipinski definition) is 1. The summed E-state index contributed by atoms with van der Waals surface area (Å²) in [6.07, 6.45) is -4.45. The van der Waals surface area contributed by atoms with Crippen LogP contribution in [0, 0.1) is 35.5 Å². The van der Waals surface area contributed by atoms with Crippen molar-refractivity contribution in [1.29, 1.82) is 0 Å². The molecule has 6 unspecified atom stereocenters. The summed E-state index contributed by atoms with van der Waals surface area (Å²) < 4.78 is 72.2. The van der Waals surface area contributed by atoms with E-state index in [1.807, 2.05) is 20.8 Å². The number of Topliss-reactive ketones (excluding diaryl/α,β-unsaturated/α-hetero) is 1. The van der Waals surface area contributed by atoms with E-state index in [-0.39, 0.29) is 55.9 Å². The van der Waals surface area contributed by atoms with Gasteiger partial charge in [-0.3, -0.25) is 28.8 Å². The van der Waals surface area contributed by atoms with Crippen LogP contribution in [0.5, 0.6) is 0 Å². The number of ketones is 1. The summed E-state index contributed by atoms with van der Waals surface area (Å²) in [5, 5.41) is 2.72. The third-order valence-corrected chi connectivity index (χ3v) is 13.4. The fraction of sp³-hybridized carbons (Fsp3) is 0.863. The van der Waals surface area contributed by atoms with Gasteiger partial charge in [0.25, 0.3) is 0 Å². The van der Waals surface area contributed by atoms with E-state index in [2.05, 4.69) is 12.2 Å². The number of hydrogen-bond acceptors (Lipinski definition) is 19. The first-order valence-corrected chi connectivity index (χ1v) is 25.4. The summed E-state index contributed by atoms with van der Waals surface area (Å²) in [5.41, 5.74) is -0.569. The van der Waals surface area contributed by atoms with Crippen molar-refractivity contribution in [2.24, 2.45) is 35.5 Å². The van der Waals surface area contributed by atoms with Crippen molar-refractivity contribution in [3.63, 3.8) is 0 Å². The van der Waals surface area contributed by atoms with Crippen molar-refractivity contribution in [2.45, 2.75) is 215 Å². The molecule has 3 heterocycles. The van der Waals surface area contributed by atoms with Crippen LogP contribution in [0.15, 0.2) is 0 Å². The van der Waals surface area contributed by atoms with Gasteiger partial charge in [0.2, 0.25) is 0 Å². The molecule has 3 rings (SSSR count). The molecule has 20 heteroatoms. The molecule has 20 nitrogen and oxygen atoms in total. The summed E-state index contributed by atoms with van der Waals surface area (Å²) in [5.74, 6) is -4.13. The molecule has 3 aliphatic rings. The van der Waals surface area contributed by atoms with Crippen molar-refractivity contribution < 1.29 is 90.4 Å². The fourth-order valence-corrected chi connectivity index (χ4v) is 9.03. The number of esters is 5. The van der Waals surface area contributed by atoms with Crippen molar-refractivity contribution in [3.05, 3.63) is 0 Å². The molecule has 3 aliphatic heterocycles. The quantitative estimate of drug-likeness (QED) is 0.0550. The Morgan fingerprint density at radius 1 is 0.521 bits per heavy atom. The minimum Gasteiger partial charge on any atom is -0.463 e. The third kappa shape index (κ3) is 20.8. The molecule has 0 aromatic rings. The number of unbranched alkanes of at least 4 members (excludes halogenated alkanes) is 4. The van der Waals surface area contributed by atoms with E-state index < -0.39 is 115 Å². The van der Waals surface area contributed by atoms with E-state index in [1.165, 1.54) is 34.6 Å². The van der Waals surface area contributed by atoms with Gasteiger partial charge in [-0.15, -0.1) is 0 Å². The number of carbonyl (C=O) groups is 7. The number of ether oxygens (including phenoxy) is 12. The summed E-state index contributed by atoms with van der Waals surface area (Å²) >= 11 is 0. The maximum Gasteiger partial charge on any atom is 0.407 e. The smallest absolute Gasteiger partial charge is 0.407 e. The van der Waals surface area contributed by atoms with Crippen molar-refractivity contribution in [3.8, 4) is 0 Å². The molecular weight excluding hydrogens is 931 g/mol. The number of amides is 1. The Labute approximate surface area is 420 Å². The first kappa shape index (κ1) is 61.4. The second-order valence-corrected chi connectivity index (χ2v) is 20.5. The first-order chi connectivity index (χ1) is 33.3. The zero-order valence-electron chi connectivity index (χ0n) is 44.7. The average molecular weight is 1020 g/mol. The first-order valence-electron chi connectivity index (χ1n) is 25.4. The zero-order valence-corrected chi connectivity index (χ0v) is 44.7. The van der Waals surface area contributed by atoms with Crippen molar-refractivity contribution in [1.82, 2.24) is 5.32 Å². The molecule has 0 spiro atoms. The summed E-state index contributed by atoms with van der Waals surface area (Å²) in [4.78, 5) is 86.0. The van der Waals surface area contributed by atoms with Gasteiger partial charge in [0.1, 0.15) is 43.4 Å². The summed E-state index contributed by atoms with van der Waals surface area (Å²) in [7, 11) is 0. The van der Waals surface area contributed by atoms with Crippen LogP contribution in [0.3, 0.4) is 0 Å². The lowest BCUT2D eigenvalue weighted by Gasteiger charge is -2.50. The Morgan fingerprint density at radius 3 is 1.52 bits per heavy atom. The summed E-state index contributed by atoms with van der Waals surface area (Å²) in [6, 6.07) is 0. The second kappa shape index (κ2) is 29.7. The highest BCUT2D eigenvalue weighted by Crippen LogP contribution is 2.41. The molecule has 0 bridgehead atoms. The normalized spacial score (nSPS) is 31.3. The second-order valence-electron chi connectivity index (χ2n) is 20.5. The minimum absolute atomic E-state index is 0.0168. The van der Waals surface area contributed by atoms with Gasteiger partial charge >= 0.3 is 35.9 Å². The maximum absolute atomic E-state index is 12.8. The largest absolute Gasteiger partial charge is 0.463 e. The number of carbonyl (C=O) groups excluding carboxylic acids is 7. The number of alkyl carbamates (subject to hydrolysis) is 1. The van der Waals surface area contributed by atoms with Gasteiger partial charge in [0.05, 0.1) is 18.3 Å². The van der Waals surface area contributed by atoms with Gasteiger partial charge in [-0.05, 0) is 58.3 Å². The zero-order chi connectivity index (χ0) is 53.2. The molecule has 0 radical (unpaired) electrons. The van der Waals surface area contributed by atoms with Crippen LogP contribution in [0.4, 0.5) is 4.79 Å². The topological polar surface area (TPSA) is 242 Å². The molecule has 0 aromatic carbocycles. The molecule has 0 aliphatic carbocycles. The van der Waals surface area contributed by atoms with Crippen LogP contribution >= 0.6 is 0 Å². The highest BCUT2D eigenvalue weighted by atomic mass is 16.8. The van der Waals surface area contributed by atoms with Gasteiger partial charge in [-0.1, -0.05) is 60.8 Å². The lowest BCUT2D eigenvalue weighted by Crippen LogP contribution is -2.63. The Kier molecular flexibility index (Phi) is 25.6.